The number of aryl methyl sites for hydroxylation is 1. The summed E-state index contributed by atoms with van der Waals surface area (Å²) in [6, 6.07) is 8.87. The topological polar surface area (TPSA) is 72.9 Å². The molecule has 1 aromatic carbocycles. The summed E-state index contributed by atoms with van der Waals surface area (Å²) >= 11 is 0. The van der Waals surface area contributed by atoms with Crippen LogP contribution in [0.1, 0.15) is 37.4 Å². The Balaban J connectivity index is 2.07. The number of benzene rings is 1. The lowest BCUT2D eigenvalue weighted by Gasteiger charge is -2.17. The zero-order valence-electron chi connectivity index (χ0n) is 12.5. The van der Waals surface area contributed by atoms with Gasteiger partial charge in [0.1, 0.15) is 6.54 Å². The van der Waals surface area contributed by atoms with Gasteiger partial charge in [-0.3, -0.25) is 9.48 Å². The van der Waals surface area contributed by atoms with E-state index in [4.69, 9.17) is 5.73 Å². The number of nitrogens with zero attached hydrogens (tertiary/aromatic N) is 2. The molecule has 1 heterocycles. The molecule has 0 aliphatic rings. The monoisotopic (exact) mass is 286 g/mol. The minimum atomic E-state index is -0.396. The number of aromatic nitrogens is 2. The SMILES string of the molecule is CCc1ccc(C(CC)Nc2cnn(CC(N)=O)c2)cc1. The fourth-order valence-electron chi connectivity index (χ4n) is 2.29. The van der Waals surface area contributed by atoms with Crippen molar-refractivity contribution in [3.8, 4) is 0 Å². The van der Waals surface area contributed by atoms with Crippen molar-refractivity contribution in [3.05, 3.63) is 47.8 Å². The molecule has 5 heteroatoms. The average Bonchev–Trinajstić information content (AvgIpc) is 2.91. The van der Waals surface area contributed by atoms with Crippen molar-refractivity contribution in [3.63, 3.8) is 0 Å². The molecule has 0 aliphatic heterocycles. The minimum absolute atomic E-state index is 0.101. The van der Waals surface area contributed by atoms with E-state index in [1.165, 1.54) is 15.8 Å². The lowest BCUT2D eigenvalue weighted by Crippen LogP contribution is -2.18. The summed E-state index contributed by atoms with van der Waals surface area (Å²) < 4.78 is 1.54. The lowest BCUT2D eigenvalue weighted by molar-refractivity contribution is -0.118. The zero-order valence-corrected chi connectivity index (χ0v) is 12.5. The van der Waals surface area contributed by atoms with E-state index in [9.17, 15) is 4.79 Å². The van der Waals surface area contributed by atoms with Crippen LogP contribution in [0.15, 0.2) is 36.7 Å². The van der Waals surface area contributed by atoms with E-state index >= 15 is 0 Å². The van der Waals surface area contributed by atoms with Crippen LogP contribution >= 0.6 is 0 Å². The average molecular weight is 286 g/mol. The molecule has 0 bridgehead atoms. The van der Waals surface area contributed by atoms with Crippen molar-refractivity contribution < 1.29 is 4.79 Å². The van der Waals surface area contributed by atoms with Gasteiger partial charge in [-0.2, -0.15) is 5.10 Å². The zero-order chi connectivity index (χ0) is 15.2. The molecule has 0 saturated heterocycles. The molecule has 5 nitrogen and oxygen atoms in total. The molecule has 2 aromatic rings. The number of hydrogen-bond donors (Lipinski definition) is 2. The Labute approximate surface area is 125 Å². The highest BCUT2D eigenvalue weighted by atomic mass is 16.1. The van der Waals surface area contributed by atoms with Crippen LogP contribution < -0.4 is 11.1 Å². The summed E-state index contributed by atoms with van der Waals surface area (Å²) in [7, 11) is 0. The first-order chi connectivity index (χ1) is 10.1. The molecule has 3 N–H and O–H groups in total. The van der Waals surface area contributed by atoms with E-state index in [0.29, 0.717) is 0 Å². The number of amides is 1. The second kappa shape index (κ2) is 6.92. The quantitative estimate of drug-likeness (QED) is 0.821. The number of rotatable bonds is 7. The van der Waals surface area contributed by atoms with E-state index in [-0.39, 0.29) is 12.6 Å². The van der Waals surface area contributed by atoms with E-state index in [1.54, 1.807) is 12.4 Å². The first-order valence-corrected chi connectivity index (χ1v) is 7.28. The fraction of sp³-hybridized carbons (Fsp3) is 0.375. The molecular formula is C16H22N4O. The van der Waals surface area contributed by atoms with Crippen LogP contribution in [0.25, 0.3) is 0 Å². The molecule has 21 heavy (non-hydrogen) atoms. The van der Waals surface area contributed by atoms with E-state index < -0.39 is 5.91 Å². The van der Waals surface area contributed by atoms with Gasteiger partial charge in [-0.15, -0.1) is 0 Å². The molecule has 112 valence electrons. The van der Waals surface area contributed by atoms with Gasteiger partial charge in [-0.05, 0) is 24.0 Å². The fourth-order valence-corrected chi connectivity index (χ4v) is 2.29. The number of nitrogens with two attached hydrogens (primary N) is 1. The minimum Gasteiger partial charge on any atom is -0.376 e. The first kappa shape index (κ1) is 15.1. The molecule has 1 atom stereocenters. The van der Waals surface area contributed by atoms with Crippen LogP contribution in [0.5, 0.6) is 0 Å². The highest BCUT2D eigenvalue weighted by Crippen LogP contribution is 2.22. The largest absolute Gasteiger partial charge is 0.376 e. The predicted octanol–water partition coefficient (Wildman–Crippen LogP) is 2.49. The smallest absolute Gasteiger partial charge is 0.239 e. The Morgan fingerprint density at radius 3 is 2.62 bits per heavy atom. The maximum Gasteiger partial charge on any atom is 0.239 e. The van der Waals surface area contributed by atoms with Crippen molar-refractivity contribution >= 4 is 11.6 Å². The number of carbonyl (C=O) groups is 1. The molecule has 0 fully saturated rings. The van der Waals surface area contributed by atoms with E-state index in [2.05, 4.69) is 48.5 Å². The van der Waals surface area contributed by atoms with Crippen molar-refractivity contribution in [2.75, 3.05) is 5.32 Å². The second-order valence-corrected chi connectivity index (χ2v) is 5.09. The summed E-state index contributed by atoms with van der Waals surface area (Å²) in [6.07, 6.45) is 5.52. The van der Waals surface area contributed by atoms with Gasteiger partial charge in [0.05, 0.1) is 17.9 Å². The van der Waals surface area contributed by atoms with Crippen LogP contribution in [0, 0.1) is 0 Å². The van der Waals surface area contributed by atoms with E-state index in [1.807, 2.05) is 0 Å². The summed E-state index contributed by atoms with van der Waals surface area (Å²) in [5, 5.41) is 7.56. The molecule has 1 aromatic heterocycles. The summed E-state index contributed by atoms with van der Waals surface area (Å²) in [5.41, 5.74) is 8.63. The normalized spacial score (nSPS) is 12.1. The van der Waals surface area contributed by atoms with Gasteiger partial charge in [0.15, 0.2) is 0 Å². The van der Waals surface area contributed by atoms with Gasteiger partial charge >= 0.3 is 0 Å². The number of carbonyl (C=O) groups excluding carboxylic acids is 1. The van der Waals surface area contributed by atoms with Gasteiger partial charge in [-0.1, -0.05) is 38.1 Å². The molecule has 0 saturated carbocycles. The van der Waals surface area contributed by atoms with Crippen molar-refractivity contribution in [2.45, 2.75) is 39.3 Å². The Kier molecular flexibility index (Phi) is 4.98. The molecule has 1 amide bonds. The summed E-state index contributed by atoms with van der Waals surface area (Å²) in [4.78, 5) is 10.9. The number of primary amides is 1. The summed E-state index contributed by atoms with van der Waals surface area (Å²) in [6.45, 7) is 4.39. The standard InChI is InChI=1S/C16H22N4O/c1-3-12-5-7-13(8-6-12)15(4-2)19-14-9-18-20(10-14)11-16(17)21/h5-10,15,19H,3-4,11H2,1-2H3,(H2,17,21). The lowest BCUT2D eigenvalue weighted by atomic mass is 10.0. The molecule has 1 unspecified atom stereocenters. The third-order valence-electron chi connectivity index (χ3n) is 3.49. The van der Waals surface area contributed by atoms with Crippen molar-refractivity contribution in [1.82, 2.24) is 9.78 Å². The third kappa shape index (κ3) is 4.08. The van der Waals surface area contributed by atoms with Crippen molar-refractivity contribution in [1.29, 1.82) is 0 Å². The third-order valence-corrected chi connectivity index (χ3v) is 3.49. The molecule has 0 spiro atoms. The van der Waals surface area contributed by atoms with Crippen molar-refractivity contribution in [2.24, 2.45) is 5.73 Å². The van der Waals surface area contributed by atoms with Gasteiger partial charge in [0.2, 0.25) is 5.91 Å². The molecule has 0 aliphatic carbocycles. The number of hydrogen-bond acceptors (Lipinski definition) is 3. The number of nitrogens with one attached hydrogen (secondary N) is 1. The van der Waals surface area contributed by atoms with Gasteiger partial charge in [0, 0.05) is 6.20 Å². The van der Waals surface area contributed by atoms with Crippen LogP contribution in [-0.4, -0.2) is 15.7 Å². The predicted molar refractivity (Wildman–Crippen MR) is 83.9 cm³/mol. The molecule has 2 rings (SSSR count). The second-order valence-electron chi connectivity index (χ2n) is 5.09. The Bertz CT molecular complexity index is 589. The Morgan fingerprint density at radius 1 is 1.33 bits per heavy atom. The van der Waals surface area contributed by atoms with Crippen LogP contribution in [0.4, 0.5) is 5.69 Å². The highest BCUT2D eigenvalue weighted by Gasteiger charge is 2.10. The van der Waals surface area contributed by atoms with Crippen LogP contribution in [0.3, 0.4) is 0 Å². The van der Waals surface area contributed by atoms with E-state index in [0.717, 1.165) is 18.5 Å². The molecular weight excluding hydrogens is 264 g/mol. The Morgan fingerprint density at radius 2 is 2.05 bits per heavy atom. The maximum absolute atomic E-state index is 10.9. The van der Waals surface area contributed by atoms with Crippen LogP contribution in [-0.2, 0) is 17.8 Å². The van der Waals surface area contributed by atoms with Crippen LogP contribution in [0.2, 0.25) is 0 Å². The maximum atomic E-state index is 10.9. The summed E-state index contributed by atoms with van der Waals surface area (Å²) in [5.74, 6) is -0.396. The van der Waals surface area contributed by atoms with Gasteiger partial charge < -0.3 is 11.1 Å². The number of anilines is 1. The Hall–Kier alpha value is -2.30. The van der Waals surface area contributed by atoms with Gasteiger partial charge in [0.25, 0.3) is 0 Å². The molecule has 0 radical (unpaired) electrons. The highest BCUT2D eigenvalue weighted by molar-refractivity contribution is 5.73. The first-order valence-electron chi connectivity index (χ1n) is 7.28. The van der Waals surface area contributed by atoms with Gasteiger partial charge in [-0.25, -0.2) is 0 Å².